The SMILES string of the molecule is C/C(=C(/C(=O)Oc1ccccc1)C(c1ccccc1)c1ccccc1)c1ccccc1. The molecule has 0 aliphatic rings. The summed E-state index contributed by atoms with van der Waals surface area (Å²) >= 11 is 0. The summed E-state index contributed by atoms with van der Waals surface area (Å²) in [5.74, 6) is -0.0604. The lowest BCUT2D eigenvalue weighted by Gasteiger charge is -2.23. The lowest BCUT2D eigenvalue weighted by molar-refractivity contribution is -0.130. The smallest absolute Gasteiger partial charge is 0.340 e. The Morgan fingerprint density at radius 1 is 0.613 bits per heavy atom. The molecule has 31 heavy (non-hydrogen) atoms. The van der Waals surface area contributed by atoms with Crippen molar-refractivity contribution < 1.29 is 9.53 Å². The Balaban J connectivity index is 1.90. The van der Waals surface area contributed by atoms with E-state index >= 15 is 0 Å². The Bertz CT molecular complexity index is 1110. The summed E-state index contributed by atoms with van der Waals surface area (Å²) in [4.78, 5) is 13.6. The summed E-state index contributed by atoms with van der Waals surface area (Å²) in [6.45, 7) is 2.00. The average Bonchev–Trinajstić information content (AvgIpc) is 2.84. The van der Waals surface area contributed by atoms with Crippen LogP contribution < -0.4 is 4.74 Å². The number of carbonyl (C=O) groups is 1. The molecule has 0 atom stereocenters. The third kappa shape index (κ3) is 4.81. The van der Waals surface area contributed by atoms with Crippen molar-refractivity contribution >= 4 is 11.5 Å². The molecule has 0 aliphatic heterocycles. The van der Waals surface area contributed by atoms with Gasteiger partial charge in [-0.2, -0.15) is 0 Å². The average molecular weight is 405 g/mol. The molecule has 0 unspecified atom stereocenters. The van der Waals surface area contributed by atoms with E-state index < -0.39 is 0 Å². The van der Waals surface area contributed by atoms with E-state index in [0.717, 1.165) is 22.3 Å². The minimum absolute atomic E-state index is 0.251. The summed E-state index contributed by atoms with van der Waals surface area (Å²) in [7, 11) is 0. The van der Waals surface area contributed by atoms with Gasteiger partial charge in [0.2, 0.25) is 0 Å². The van der Waals surface area contributed by atoms with Gasteiger partial charge in [-0.1, -0.05) is 109 Å². The molecule has 0 saturated heterocycles. The molecule has 4 aromatic rings. The first kappa shape index (κ1) is 20.4. The zero-order chi connectivity index (χ0) is 21.5. The number of para-hydroxylation sites is 1. The molecule has 0 fully saturated rings. The molecule has 0 N–H and O–H groups in total. The second kappa shape index (κ2) is 9.73. The molecule has 0 saturated carbocycles. The highest BCUT2D eigenvalue weighted by atomic mass is 16.5. The summed E-state index contributed by atoms with van der Waals surface area (Å²) in [5, 5.41) is 0. The number of rotatable bonds is 6. The van der Waals surface area contributed by atoms with Crippen LogP contribution in [0.15, 0.2) is 127 Å². The van der Waals surface area contributed by atoms with Crippen LogP contribution in [0.25, 0.3) is 5.57 Å². The molecule has 0 aliphatic carbocycles. The summed E-state index contributed by atoms with van der Waals surface area (Å²) < 4.78 is 5.85. The van der Waals surface area contributed by atoms with E-state index in [1.807, 2.05) is 91.9 Å². The van der Waals surface area contributed by atoms with Gasteiger partial charge in [-0.15, -0.1) is 0 Å². The predicted molar refractivity (Wildman–Crippen MR) is 126 cm³/mol. The lowest BCUT2D eigenvalue weighted by Crippen LogP contribution is -2.20. The number of ether oxygens (including phenoxy) is 1. The number of benzene rings is 4. The van der Waals surface area contributed by atoms with Crippen LogP contribution in [0.3, 0.4) is 0 Å². The van der Waals surface area contributed by atoms with E-state index in [9.17, 15) is 4.79 Å². The maximum Gasteiger partial charge on any atom is 0.340 e. The molecular formula is C29H24O2. The summed E-state index contributed by atoms with van der Waals surface area (Å²) in [6, 6.07) is 39.5. The Labute approximate surface area is 183 Å². The molecule has 0 radical (unpaired) electrons. The summed E-state index contributed by atoms with van der Waals surface area (Å²) in [6.07, 6.45) is 0. The van der Waals surface area contributed by atoms with Gasteiger partial charge >= 0.3 is 5.97 Å². The number of hydrogen-bond acceptors (Lipinski definition) is 2. The number of esters is 1. The van der Waals surface area contributed by atoms with Gasteiger partial charge in [0.1, 0.15) is 5.75 Å². The standard InChI is InChI=1S/C29H24O2/c1-22(23-14-6-2-7-15-23)27(29(30)31-26-20-12-5-13-21-26)28(24-16-8-3-9-17-24)25-18-10-4-11-19-25/h2-21,28H,1H3/b27-22-. The van der Waals surface area contributed by atoms with Crippen LogP contribution in [0.2, 0.25) is 0 Å². The fourth-order valence-electron chi connectivity index (χ4n) is 3.80. The zero-order valence-corrected chi connectivity index (χ0v) is 17.4. The third-order valence-corrected chi connectivity index (χ3v) is 5.34. The van der Waals surface area contributed by atoms with E-state index in [4.69, 9.17) is 4.74 Å². The molecule has 0 amide bonds. The topological polar surface area (TPSA) is 26.3 Å². The molecule has 0 spiro atoms. The maximum atomic E-state index is 13.6. The molecule has 0 bridgehead atoms. The number of hydrogen-bond donors (Lipinski definition) is 0. The Morgan fingerprint density at radius 2 is 1.03 bits per heavy atom. The predicted octanol–water partition coefficient (Wildman–Crippen LogP) is 6.90. The van der Waals surface area contributed by atoms with E-state index in [2.05, 4.69) is 24.3 Å². The van der Waals surface area contributed by atoms with Crippen molar-refractivity contribution in [3.8, 4) is 5.75 Å². The van der Waals surface area contributed by atoms with Crippen LogP contribution in [0.1, 0.15) is 29.5 Å². The van der Waals surface area contributed by atoms with Crippen molar-refractivity contribution in [2.75, 3.05) is 0 Å². The van der Waals surface area contributed by atoms with Gasteiger partial charge in [0.15, 0.2) is 0 Å². The van der Waals surface area contributed by atoms with E-state index in [0.29, 0.717) is 11.3 Å². The quantitative estimate of drug-likeness (QED) is 0.198. The Morgan fingerprint density at radius 3 is 1.52 bits per heavy atom. The number of carbonyl (C=O) groups excluding carboxylic acids is 1. The van der Waals surface area contributed by atoms with Crippen molar-refractivity contribution in [3.05, 3.63) is 144 Å². The summed E-state index contributed by atoms with van der Waals surface area (Å²) in [5.41, 5.74) is 4.62. The normalized spacial score (nSPS) is 11.7. The van der Waals surface area contributed by atoms with Gasteiger partial charge in [-0.25, -0.2) is 4.79 Å². The van der Waals surface area contributed by atoms with Gasteiger partial charge in [-0.3, -0.25) is 0 Å². The molecule has 4 rings (SSSR count). The second-order valence-corrected chi connectivity index (χ2v) is 7.36. The first-order chi connectivity index (χ1) is 15.2. The fraction of sp³-hybridized carbons (Fsp3) is 0.0690. The van der Waals surface area contributed by atoms with E-state index in [1.54, 1.807) is 12.1 Å². The van der Waals surface area contributed by atoms with Gasteiger partial charge in [0, 0.05) is 5.92 Å². The monoisotopic (exact) mass is 404 g/mol. The van der Waals surface area contributed by atoms with Crippen LogP contribution in [0, 0.1) is 0 Å². The Kier molecular flexibility index (Phi) is 6.39. The first-order valence-electron chi connectivity index (χ1n) is 10.4. The van der Waals surface area contributed by atoms with Crippen LogP contribution >= 0.6 is 0 Å². The minimum Gasteiger partial charge on any atom is -0.423 e. The molecule has 2 heteroatoms. The van der Waals surface area contributed by atoms with Crippen LogP contribution in [0.5, 0.6) is 5.75 Å². The van der Waals surface area contributed by atoms with Crippen molar-refractivity contribution in [2.45, 2.75) is 12.8 Å². The Hall–Kier alpha value is -3.91. The first-order valence-corrected chi connectivity index (χ1v) is 10.4. The highest BCUT2D eigenvalue weighted by Gasteiger charge is 2.28. The highest BCUT2D eigenvalue weighted by molar-refractivity contribution is 6.00. The molecule has 4 aromatic carbocycles. The van der Waals surface area contributed by atoms with Crippen LogP contribution in [0.4, 0.5) is 0 Å². The molecule has 2 nitrogen and oxygen atoms in total. The van der Waals surface area contributed by atoms with Crippen LogP contribution in [-0.2, 0) is 4.79 Å². The van der Waals surface area contributed by atoms with E-state index in [-0.39, 0.29) is 11.9 Å². The largest absolute Gasteiger partial charge is 0.423 e. The van der Waals surface area contributed by atoms with Gasteiger partial charge < -0.3 is 4.74 Å². The lowest BCUT2D eigenvalue weighted by atomic mass is 9.81. The molecule has 0 aromatic heterocycles. The number of allylic oxidation sites excluding steroid dienone is 1. The van der Waals surface area contributed by atoms with Crippen molar-refractivity contribution in [3.63, 3.8) is 0 Å². The van der Waals surface area contributed by atoms with Crippen LogP contribution in [-0.4, -0.2) is 5.97 Å². The van der Waals surface area contributed by atoms with E-state index in [1.165, 1.54) is 0 Å². The molecular weight excluding hydrogens is 380 g/mol. The van der Waals surface area contributed by atoms with Crippen molar-refractivity contribution in [2.24, 2.45) is 0 Å². The molecule has 0 heterocycles. The van der Waals surface area contributed by atoms with Gasteiger partial charge in [0.05, 0.1) is 5.57 Å². The minimum atomic E-state index is -0.342. The zero-order valence-electron chi connectivity index (χ0n) is 17.4. The van der Waals surface area contributed by atoms with Gasteiger partial charge in [0.25, 0.3) is 0 Å². The molecule has 152 valence electrons. The van der Waals surface area contributed by atoms with Gasteiger partial charge in [-0.05, 0) is 41.3 Å². The fourth-order valence-corrected chi connectivity index (χ4v) is 3.80. The maximum absolute atomic E-state index is 13.6. The third-order valence-electron chi connectivity index (χ3n) is 5.34. The van der Waals surface area contributed by atoms with Crippen molar-refractivity contribution in [1.82, 2.24) is 0 Å². The second-order valence-electron chi connectivity index (χ2n) is 7.36. The highest BCUT2D eigenvalue weighted by Crippen LogP contribution is 2.37. The van der Waals surface area contributed by atoms with Crippen molar-refractivity contribution in [1.29, 1.82) is 0 Å².